The molecule has 5 heteroatoms. The number of rotatable bonds is 3. The standard InChI is InChI=1S/C15H13NO4/c1-9(17)16-12-4-2-3-10(7-12)13-6-5-11(15(19)20)8-14(13)18/h2-8,18H,1H3,(H,16,17)(H,19,20). The van der Waals surface area contributed by atoms with Gasteiger partial charge in [-0.2, -0.15) is 0 Å². The third-order valence-electron chi connectivity index (χ3n) is 2.74. The summed E-state index contributed by atoms with van der Waals surface area (Å²) in [6.45, 7) is 1.41. The van der Waals surface area contributed by atoms with E-state index < -0.39 is 5.97 Å². The third kappa shape index (κ3) is 2.95. The number of aromatic carboxylic acids is 1. The van der Waals surface area contributed by atoms with Gasteiger partial charge in [-0.1, -0.05) is 12.1 Å². The van der Waals surface area contributed by atoms with Crippen molar-refractivity contribution in [2.24, 2.45) is 0 Å². The number of nitrogens with one attached hydrogen (secondary N) is 1. The number of amides is 1. The van der Waals surface area contributed by atoms with Gasteiger partial charge in [0.25, 0.3) is 0 Å². The van der Waals surface area contributed by atoms with E-state index in [1.807, 2.05) is 0 Å². The summed E-state index contributed by atoms with van der Waals surface area (Å²) in [5, 5.41) is 21.4. The minimum absolute atomic E-state index is 0.0178. The Balaban J connectivity index is 2.41. The van der Waals surface area contributed by atoms with Crippen LogP contribution in [0, 0.1) is 0 Å². The van der Waals surface area contributed by atoms with Crippen LogP contribution < -0.4 is 5.32 Å². The fraction of sp³-hybridized carbons (Fsp3) is 0.0667. The van der Waals surface area contributed by atoms with Crippen LogP contribution in [0.2, 0.25) is 0 Å². The second-order valence-electron chi connectivity index (χ2n) is 4.30. The predicted molar refractivity (Wildman–Crippen MR) is 74.8 cm³/mol. The number of aromatic hydroxyl groups is 1. The molecule has 0 aromatic heterocycles. The van der Waals surface area contributed by atoms with Crippen molar-refractivity contribution in [2.75, 3.05) is 5.32 Å². The highest BCUT2D eigenvalue weighted by Crippen LogP contribution is 2.31. The Bertz CT molecular complexity index is 679. The van der Waals surface area contributed by atoms with Gasteiger partial charge in [-0.3, -0.25) is 4.79 Å². The number of benzene rings is 2. The molecule has 0 fully saturated rings. The van der Waals surface area contributed by atoms with Crippen LogP contribution in [0.5, 0.6) is 5.75 Å². The number of hydrogen-bond donors (Lipinski definition) is 3. The van der Waals surface area contributed by atoms with Crippen molar-refractivity contribution in [1.29, 1.82) is 0 Å². The molecule has 5 nitrogen and oxygen atoms in total. The molecule has 0 unspecified atom stereocenters. The van der Waals surface area contributed by atoms with Gasteiger partial charge in [-0.15, -0.1) is 0 Å². The second kappa shape index (κ2) is 5.44. The summed E-state index contributed by atoms with van der Waals surface area (Å²) in [5.74, 6) is -1.41. The van der Waals surface area contributed by atoms with Gasteiger partial charge in [0.15, 0.2) is 0 Å². The molecule has 0 aliphatic carbocycles. The zero-order valence-electron chi connectivity index (χ0n) is 10.8. The molecule has 20 heavy (non-hydrogen) atoms. The maximum atomic E-state index is 11.0. The highest BCUT2D eigenvalue weighted by Gasteiger charge is 2.09. The Kier molecular flexibility index (Phi) is 3.70. The smallest absolute Gasteiger partial charge is 0.335 e. The SMILES string of the molecule is CC(=O)Nc1cccc(-c2ccc(C(=O)O)cc2O)c1. The molecule has 2 aromatic rings. The lowest BCUT2D eigenvalue weighted by molar-refractivity contribution is -0.114. The molecule has 1 amide bonds. The minimum Gasteiger partial charge on any atom is -0.507 e. The van der Waals surface area contributed by atoms with Crippen molar-refractivity contribution in [2.45, 2.75) is 6.92 Å². The van der Waals surface area contributed by atoms with Gasteiger partial charge in [0.1, 0.15) is 5.75 Å². The van der Waals surface area contributed by atoms with E-state index in [0.29, 0.717) is 16.8 Å². The molecule has 2 rings (SSSR count). The van der Waals surface area contributed by atoms with Gasteiger partial charge >= 0.3 is 5.97 Å². The molecule has 102 valence electrons. The van der Waals surface area contributed by atoms with Gasteiger partial charge in [-0.25, -0.2) is 4.79 Å². The largest absolute Gasteiger partial charge is 0.507 e. The van der Waals surface area contributed by atoms with Crippen LogP contribution in [0.15, 0.2) is 42.5 Å². The van der Waals surface area contributed by atoms with Crippen molar-refractivity contribution < 1.29 is 19.8 Å². The molecule has 2 aromatic carbocycles. The third-order valence-corrected chi connectivity index (χ3v) is 2.74. The molecule has 0 saturated heterocycles. The lowest BCUT2D eigenvalue weighted by Crippen LogP contribution is -2.05. The Labute approximate surface area is 115 Å². The molecule has 0 bridgehead atoms. The Morgan fingerprint density at radius 2 is 1.85 bits per heavy atom. The first-order valence-electron chi connectivity index (χ1n) is 5.91. The van der Waals surface area contributed by atoms with E-state index in [-0.39, 0.29) is 17.2 Å². The highest BCUT2D eigenvalue weighted by atomic mass is 16.4. The average molecular weight is 271 g/mol. The van der Waals surface area contributed by atoms with Crippen molar-refractivity contribution in [3.05, 3.63) is 48.0 Å². The zero-order valence-corrected chi connectivity index (χ0v) is 10.8. The van der Waals surface area contributed by atoms with Gasteiger partial charge < -0.3 is 15.5 Å². The summed E-state index contributed by atoms with van der Waals surface area (Å²) in [7, 11) is 0. The van der Waals surface area contributed by atoms with E-state index >= 15 is 0 Å². The number of phenols is 1. The normalized spacial score (nSPS) is 10.1. The maximum absolute atomic E-state index is 11.0. The molecule has 0 radical (unpaired) electrons. The molecule has 0 atom stereocenters. The molecule has 3 N–H and O–H groups in total. The zero-order chi connectivity index (χ0) is 14.7. The van der Waals surface area contributed by atoms with Crippen molar-refractivity contribution >= 4 is 17.6 Å². The first-order chi connectivity index (χ1) is 9.47. The summed E-state index contributed by atoms with van der Waals surface area (Å²) < 4.78 is 0. The van der Waals surface area contributed by atoms with E-state index in [2.05, 4.69) is 5.32 Å². The molecule has 0 aliphatic rings. The van der Waals surface area contributed by atoms with Crippen molar-refractivity contribution in [3.63, 3.8) is 0 Å². The molecular weight excluding hydrogens is 258 g/mol. The summed E-state index contributed by atoms with van der Waals surface area (Å²) in [4.78, 5) is 21.8. The number of carbonyl (C=O) groups excluding carboxylic acids is 1. The maximum Gasteiger partial charge on any atom is 0.335 e. The summed E-state index contributed by atoms with van der Waals surface area (Å²) in [5.41, 5.74) is 1.81. The average Bonchev–Trinajstić information content (AvgIpc) is 2.38. The van der Waals surface area contributed by atoms with Gasteiger partial charge in [0.05, 0.1) is 5.56 Å². The number of carboxylic acid groups (broad SMARTS) is 1. The summed E-state index contributed by atoms with van der Waals surface area (Å²) in [6.07, 6.45) is 0. The van der Waals surface area contributed by atoms with Gasteiger partial charge in [0, 0.05) is 18.2 Å². The number of phenolic OH excluding ortho intramolecular Hbond substituents is 1. The first kappa shape index (κ1) is 13.6. The summed E-state index contributed by atoms with van der Waals surface area (Å²) >= 11 is 0. The van der Waals surface area contributed by atoms with E-state index in [4.69, 9.17) is 5.11 Å². The van der Waals surface area contributed by atoms with Crippen LogP contribution in [-0.2, 0) is 4.79 Å². The number of carbonyl (C=O) groups is 2. The number of hydrogen-bond acceptors (Lipinski definition) is 3. The summed E-state index contributed by atoms with van der Waals surface area (Å²) in [6, 6.07) is 11.1. The predicted octanol–water partition coefficient (Wildman–Crippen LogP) is 2.72. The van der Waals surface area contributed by atoms with Crippen LogP contribution in [-0.4, -0.2) is 22.1 Å². The van der Waals surface area contributed by atoms with E-state index in [1.54, 1.807) is 24.3 Å². The fourth-order valence-corrected chi connectivity index (χ4v) is 1.88. The monoisotopic (exact) mass is 271 g/mol. The fourth-order valence-electron chi connectivity index (χ4n) is 1.88. The Hall–Kier alpha value is -2.82. The molecule has 0 spiro atoms. The second-order valence-corrected chi connectivity index (χ2v) is 4.30. The van der Waals surface area contributed by atoms with E-state index in [0.717, 1.165) is 0 Å². The molecule has 0 heterocycles. The van der Waals surface area contributed by atoms with Gasteiger partial charge in [-0.05, 0) is 35.9 Å². The lowest BCUT2D eigenvalue weighted by atomic mass is 10.0. The molecule has 0 saturated carbocycles. The highest BCUT2D eigenvalue weighted by molar-refractivity contribution is 5.91. The van der Waals surface area contributed by atoms with Crippen molar-refractivity contribution in [3.8, 4) is 16.9 Å². The van der Waals surface area contributed by atoms with Crippen LogP contribution in [0.1, 0.15) is 17.3 Å². The van der Waals surface area contributed by atoms with Crippen LogP contribution in [0.4, 0.5) is 5.69 Å². The first-order valence-corrected chi connectivity index (χ1v) is 5.91. The van der Waals surface area contributed by atoms with Crippen LogP contribution >= 0.6 is 0 Å². The quantitative estimate of drug-likeness (QED) is 0.801. The number of anilines is 1. The Morgan fingerprint density at radius 1 is 1.10 bits per heavy atom. The number of carboxylic acids is 1. The van der Waals surface area contributed by atoms with Crippen LogP contribution in [0.3, 0.4) is 0 Å². The van der Waals surface area contributed by atoms with Gasteiger partial charge in [0.2, 0.25) is 5.91 Å². The van der Waals surface area contributed by atoms with Crippen LogP contribution in [0.25, 0.3) is 11.1 Å². The van der Waals surface area contributed by atoms with Crippen molar-refractivity contribution in [1.82, 2.24) is 0 Å². The Morgan fingerprint density at radius 3 is 2.45 bits per heavy atom. The lowest BCUT2D eigenvalue weighted by Gasteiger charge is -2.08. The minimum atomic E-state index is -1.10. The topological polar surface area (TPSA) is 86.6 Å². The van der Waals surface area contributed by atoms with E-state index in [9.17, 15) is 14.7 Å². The molecule has 0 aliphatic heterocycles. The van der Waals surface area contributed by atoms with E-state index in [1.165, 1.54) is 25.1 Å². The molecular formula is C15H13NO4.